The average molecular weight is 249 g/mol. The van der Waals surface area contributed by atoms with Crippen LogP contribution in [0.5, 0.6) is 0 Å². The minimum Gasteiger partial charge on any atom is -0.382 e. The van der Waals surface area contributed by atoms with Crippen LogP contribution in [-0.4, -0.2) is 18.4 Å². The van der Waals surface area contributed by atoms with Crippen molar-refractivity contribution < 1.29 is 8.42 Å². The van der Waals surface area contributed by atoms with Crippen molar-refractivity contribution in [2.24, 2.45) is 0 Å². The highest BCUT2D eigenvalue weighted by atomic mass is 32.2. The molecule has 0 aliphatic heterocycles. The number of hydrogen-bond acceptors (Lipinski definition) is 5. The van der Waals surface area contributed by atoms with Crippen LogP contribution < -0.4 is 5.73 Å². The molecule has 1 aromatic heterocycles. The van der Waals surface area contributed by atoms with E-state index < -0.39 is 9.84 Å². The smallest absolute Gasteiger partial charge is 0.211 e. The number of aromatic nitrogens is 2. The maximum atomic E-state index is 12.2. The molecule has 1 heterocycles. The van der Waals surface area contributed by atoms with Crippen LogP contribution in [0.25, 0.3) is 0 Å². The molecule has 0 amide bonds. The monoisotopic (exact) mass is 249 g/mol. The van der Waals surface area contributed by atoms with Gasteiger partial charge in [-0.05, 0) is 19.1 Å². The summed E-state index contributed by atoms with van der Waals surface area (Å²) in [6.07, 6.45) is 1.24. The first kappa shape index (κ1) is 11.5. The molecule has 0 aliphatic rings. The van der Waals surface area contributed by atoms with Gasteiger partial charge in [-0.2, -0.15) is 0 Å². The summed E-state index contributed by atoms with van der Waals surface area (Å²) >= 11 is 0. The molecule has 1 aromatic carbocycles. The quantitative estimate of drug-likeness (QED) is 0.864. The lowest BCUT2D eigenvalue weighted by Gasteiger charge is -2.06. The van der Waals surface area contributed by atoms with Crippen LogP contribution in [0.15, 0.2) is 46.3 Å². The summed E-state index contributed by atoms with van der Waals surface area (Å²) in [4.78, 5) is 7.83. The second-order valence-electron chi connectivity index (χ2n) is 3.48. The molecule has 0 aliphatic carbocycles. The van der Waals surface area contributed by atoms with Crippen molar-refractivity contribution in [3.05, 3.63) is 42.4 Å². The van der Waals surface area contributed by atoms with Crippen LogP contribution in [0.4, 0.5) is 5.82 Å². The molecule has 2 N–H and O–H groups in total. The number of nitrogen functional groups attached to an aromatic ring is 1. The van der Waals surface area contributed by atoms with Gasteiger partial charge in [0, 0.05) is 0 Å². The molecule has 0 fully saturated rings. The van der Waals surface area contributed by atoms with E-state index >= 15 is 0 Å². The highest BCUT2D eigenvalue weighted by molar-refractivity contribution is 7.91. The molecule has 6 heteroatoms. The number of nitrogens with zero attached hydrogens (tertiary/aromatic N) is 2. The van der Waals surface area contributed by atoms with E-state index in [2.05, 4.69) is 9.97 Å². The highest BCUT2D eigenvalue weighted by Gasteiger charge is 2.21. The molecule has 0 saturated heterocycles. The Balaban J connectivity index is 2.61. The summed E-state index contributed by atoms with van der Waals surface area (Å²) in [5.74, 6) is 0.413. The van der Waals surface area contributed by atoms with Crippen LogP contribution in [0.1, 0.15) is 5.82 Å². The summed E-state index contributed by atoms with van der Waals surface area (Å²) in [5.41, 5.74) is 5.61. The van der Waals surface area contributed by atoms with Gasteiger partial charge in [-0.3, -0.25) is 0 Å². The first-order valence-electron chi connectivity index (χ1n) is 4.91. The third-order valence-electron chi connectivity index (χ3n) is 2.25. The third kappa shape index (κ3) is 2.12. The van der Waals surface area contributed by atoms with E-state index in [0.717, 1.165) is 0 Å². The normalized spacial score (nSPS) is 11.4. The van der Waals surface area contributed by atoms with Crippen LogP contribution in [0.2, 0.25) is 0 Å². The second-order valence-corrected chi connectivity index (χ2v) is 5.40. The highest BCUT2D eigenvalue weighted by Crippen LogP contribution is 2.23. The zero-order valence-corrected chi connectivity index (χ0v) is 9.98. The lowest BCUT2D eigenvalue weighted by Crippen LogP contribution is -2.08. The predicted octanol–water partition coefficient (Wildman–Crippen LogP) is 1.20. The Morgan fingerprint density at radius 3 is 2.41 bits per heavy atom. The summed E-state index contributed by atoms with van der Waals surface area (Å²) in [6, 6.07) is 8.06. The van der Waals surface area contributed by atoms with Gasteiger partial charge >= 0.3 is 0 Å². The van der Waals surface area contributed by atoms with Gasteiger partial charge < -0.3 is 5.73 Å². The fraction of sp³-hybridized carbons (Fsp3) is 0.0909. The number of benzene rings is 1. The molecular formula is C11H11N3O2S. The fourth-order valence-electron chi connectivity index (χ4n) is 1.41. The number of sulfone groups is 1. The van der Waals surface area contributed by atoms with Crippen molar-refractivity contribution in [3.8, 4) is 0 Å². The van der Waals surface area contributed by atoms with Crippen molar-refractivity contribution in [2.75, 3.05) is 5.73 Å². The largest absolute Gasteiger partial charge is 0.382 e. The lowest BCUT2D eigenvalue weighted by molar-refractivity contribution is 0.595. The van der Waals surface area contributed by atoms with Gasteiger partial charge in [-0.1, -0.05) is 18.2 Å². The fourth-order valence-corrected chi connectivity index (χ4v) is 2.69. The molecule has 0 unspecified atom stereocenters. The molecular weight excluding hydrogens is 238 g/mol. The SMILES string of the molecule is Cc1ncc(S(=O)(=O)c2ccccc2)c(N)n1. The van der Waals surface area contributed by atoms with E-state index in [0.29, 0.717) is 5.82 Å². The zero-order chi connectivity index (χ0) is 12.5. The Morgan fingerprint density at radius 1 is 1.18 bits per heavy atom. The zero-order valence-electron chi connectivity index (χ0n) is 9.16. The molecule has 0 atom stereocenters. The van der Waals surface area contributed by atoms with Crippen molar-refractivity contribution in [1.29, 1.82) is 0 Å². The average Bonchev–Trinajstić information content (AvgIpc) is 2.29. The van der Waals surface area contributed by atoms with Gasteiger partial charge in [0.2, 0.25) is 9.84 Å². The van der Waals surface area contributed by atoms with Gasteiger partial charge in [0.15, 0.2) is 0 Å². The topological polar surface area (TPSA) is 85.9 Å². The van der Waals surface area contributed by atoms with Crippen LogP contribution in [0.3, 0.4) is 0 Å². The molecule has 2 rings (SSSR count). The van der Waals surface area contributed by atoms with Gasteiger partial charge in [0.1, 0.15) is 16.5 Å². The van der Waals surface area contributed by atoms with Gasteiger partial charge in [-0.15, -0.1) is 0 Å². The lowest BCUT2D eigenvalue weighted by atomic mass is 10.4. The third-order valence-corrected chi connectivity index (χ3v) is 4.03. The van der Waals surface area contributed by atoms with Crippen molar-refractivity contribution >= 4 is 15.7 Å². The number of rotatable bonds is 2. The Hall–Kier alpha value is -1.95. The number of anilines is 1. The summed E-state index contributed by atoms with van der Waals surface area (Å²) < 4.78 is 24.4. The summed E-state index contributed by atoms with van der Waals surface area (Å²) in [7, 11) is -3.64. The van der Waals surface area contributed by atoms with Crippen molar-refractivity contribution in [3.63, 3.8) is 0 Å². The van der Waals surface area contributed by atoms with Gasteiger partial charge in [0.05, 0.1) is 11.1 Å². The van der Waals surface area contributed by atoms with E-state index in [4.69, 9.17) is 5.73 Å². The minimum atomic E-state index is -3.64. The number of hydrogen-bond donors (Lipinski definition) is 1. The van der Waals surface area contributed by atoms with E-state index in [9.17, 15) is 8.42 Å². The summed E-state index contributed by atoms with van der Waals surface area (Å²) in [6.45, 7) is 1.65. The first-order valence-corrected chi connectivity index (χ1v) is 6.39. The second kappa shape index (κ2) is 4.14. The van der Waals surface area contributed by atoms with E-state index in [-0.39, 0.29) is 15.6 Å². The molecule has 0 bridgehead atoms. The van der Waals surface area contributed by atoms with Gasteiger partial charge in [0.25, 0.3) is 0 Å². The molecule has 0 spiro atoms. The van der Waals surface area contributed by atoms with Gasteiger partial charge in [-0.25, -0.2) is 18.4 Å². The number of nitrogens with two attached hydrogens (primary N) is 1. The maximum Gasteiger partial charge on any atom is 0.211 e. The minimum absolute atomic E-state index is 0.0265. The maximum absolute atomic E-state index is 12.2. The molecule has 2 aromatic rings. The molecule has 17 heavy (non-hydrogen) atoms. The molecule has 5 nitrogen and oxygen atoms in total. The molecule has 88 valence electrons. The molecule has 0 saturated carbocycles. The summed E-state index contributed by atoms with van der Waals surface area (Å²) in [5, 5.41) is 0. The Kier molecular flexibility index (Phi) is 2.81. The van der Waals surface area contributed by atoms with E-state index in [1.165, 1.54) is 18.3 Å². The van der Waals surface area contributed by atoms with Crippen LogP contribution in [0, 0.1) is 6.92 Å². The van der Waals surface area contributed by atoms with Crippen molar-refractivity contribution in [1.82, 2.24) is 9.97 Å². The van der Waals surface area contributed by atoms with Crippen LogP contribution >= 0.6 is 0 Å². The first-order chi connectivity index (χ1) is 8.01. The van der Waals surface area contributed by atoms with E-state index in [1.807, 2.05) is 0 Å². The Labute approximate surface area is 99.3 Å². The molecule has 0 radical (unpaired) electrons. The number of aryl methyl sites for hydroxylation is 1. The Morgan fingerprint density at radius 2 is 1.82 bits per heavy atom. The van der Waals surface area contributed by atoms with Crippen molar-refractivity contribution in [2.45, 2.75) is 16.7 Å². The standard InChI is InChI=1S/C11H11N3O2S/c1-8-13-7-10(11(12)14-8)17(15,16)9-5-3-2-4-6-9/h2-7H,1H3,(H2,12,13,14). The predicted molar refractivity (Wildman–Crippen MR) is 63.1 cm³/mol. The van der Waals surface area contributed by atoms with Crippen LogP contribution in [-0.2, 0) is 9.84 Å². The van der Waals surface area contributed by atoms with E-state index in [1.54, 1.807) is 25.1 Å². The Bertz CT molecular complexity index is 639.